The smallest absolute Gasteiger partial charge is 0.271 e. The van der Waals surface area contributed by atoms with Crippen LogP contribution in [0.1, 0.15) is 16.7 Å². The maximum absolute atomic E-state index is 11.9. The van der Waals surface area contributed by atoms with E-state index in [9.17, 15) is 20.0 Å². The number of hydrogen-bond acceptors (Lipinski definition) is 6. The van der Waals surface area contributed by atoms with Crippen molar-refractivity contribution in [2.75, 3.05) is 0 Å². The molecule has 0 atom stereocenters. The molecule has 1 aromatic heterocycles. The fourth-order valence-corrected chi connectivity index (χ4v) is 2.27. The summed E-state index contributed by atoms with van der Waals surface area (Å²) in [5, 5.41) is 29.9. The van der Waals surface area contributed by atoms with Gasteiger partial charge in [0.2, 0.25) is 5.88 Å². The largest absolute Gasteiger partial charge is 0.494 e. The second-order valence-corrected chi connectivity index (χ2v) is 5.27. The van der Waals surface area contributed by atoms with Crippen LogP contribution in [0, 0.1) is 28.4 Å². The third kappa shape index (κ3) is 2.98. The summed E-state index contributed by atoms with van der Waals surface area (Å²) in [7, 11) is 1.33. The van der Waals surface area contributed by atoms with Gasteiger partial charge in [-0.15, -0.1) is 0 Å². The van der Waals surface area contributed by atoms with Crippen molar-refractivity contribution in [1.82, 2.24) is 4.57 Å². The highest BCUT2D eigenvalue weighted by Crippen LogP contribution is 2.29. The molecule has 0 fully saturated rings. The molecule has 0 unspecified atom stereocenters. The normalized spacial score (nSPS) is 10.8. The molecule has 2 rings (SSSR count). The highest BCUT2D eigenvalue weighted by atomic mass is 35.5. The summed E-state index contributed by atoms with van der Waals surface area (Å²) < 4.78 is 0.935. The van der Waals surface area contributed by atoms with Crippen molar-refractivity contribution in [3.05, 3.63) is 60.4 Å². The number of rotatable bonds is 3. The lowest BCUT2D eigenvalue weighted by Crippen LogP contribution is -2.22. The Balaban J connectivity index is 2.55. The van der Waals surface area contributed by atoms with E-state index in [1.165, 1.54) is 32.3 Å². The van der Waals surface area contributed by atoms with Crippen LogP contribution in [0.4, 0.5) is 11.4 Å². The summed E-state index contributed by atoms with van der Waals surface area (Å²) >= 11 is 5.95. The second-order valence-electron chi connectivity index (χ2n) is 4.86. The number of nitro benzene ring substituents is 1. The zero-order valence-corrected chi connectivity index (χ0v) is 13.4. The Morgan fingerprint density at radius 3 is 2.71 bits per heavy atom. The molecule has 0 saturated heterocycles. The minimum absolute atomic E-state index is 0.0583. The molecule has 0 spiro atoms. The van der Waals surface area contributed by atoms with Crippen LogP contribution in [0.25, 0.3) is 0 Å². The molecule has 1 N–H and O–H groups in total. The molecule has 24 heavy (non-hydrogen) atoms. The average molecular weight is 347 g/mol. The quantitative estimate of drug-likeness (QED) is 0.520. The molecule has 0 saturated carbocycles. The summed E-state index contributed by atoms with van der Waals surface area (Å²) in [5.74, 6) is -0.349. The van der Waals surface area contributed by atoms with Crippen molar-refractivity contribution in [3.63, 3.8) is 0 Å². The van der Waals surface area contributed by atoms with E-state index >= 15 is 0 Å². The van der Waals surface area contributed by atoms with Gasteiger partial charge in [-0.2, -0.15) is 5.26 Å². The Hall–Kier alpha value is -3.18. The summed E-state index contributed by atoms with van der Waals surface area (Å²) in [6.07, 6.45) is 1.25. The molecule has 9 heteroatoms. The molecule has 122 valence electrons. The fraction of sp³-hybridized carbons (Fsp3) is 0.133. The van der Waals surface area contributed by atoms with Gasteiger partial charge in [0, 0.05) is 25.4 Å². The number of pyridine rings is 1. The van der Waals surface area contributed by atoms with Crippen LogP contribution in [0.15, 0.2) is 28.0 Å². The molecule has 0 radical (unpaired) electrons. The maximum Gasteiger partial charge on any atom is 0.271 e. The Bertz CT molecular complexity index is 973. The zero-order valence-electron chi connectivity index (χ0n) is 12.6. The van der Waals surface area contributed by atoms with Crippen molar-refractivity contribution in [1.29, 1.82) is 5.26 Å². The predicted molar refractivity (Wildman–Crippen MR) is 88.2 cm³/mol. The van der Waals surface area contributed by atoms with Crippen LogP contribution in [0.5, 0.6) is 5.88 Å². The van der Waals surface area contributed by atoms with E-state index < -0.39 is 10.5 Å². The van der Waals surface area contributed by atoms with Crippen LogP contribution in [0.2, 0.25) is 5.02 Å². The first kappa shape index (κ1) is 17.2. The summed E-state index contributed by atoms with van der Waals surface area (Å²) in [4.78, 5) is 26.1. The first-order valence-electron chi connectivity index (χ1n) is 6.58. The van der Waals surface area contributed by atoms with Crippen LogP contribution < -0.4 is 5.56 Å². The van der Waals surface area contributed by atoms with Crippen LogP contribution in [0.3, 0.4) is 0 Å². The number of aliphatic imine (C=N–C) groups is 1. The van der Waals surface area contributed by atoms with Crippen LogP contribution in [-0.2, 0) is 7.05 Å². The number of aromatic nitrogens is 1. The average Bonchev–Trinajstić information content (AvgIpc) is 2.54. The van der Waals surface area contributed by atoms with Gasteiger partial charge < -0.3 is 5.11 Å². The number of non-ortho nitro benzene ring substituents is 1. The third-order valence-corrected chi connectivity index (χ3v) is 3.75. The minimum atomic E-state index is -0.613. The van der Waals surface area contributed by atoms with E-state index in [0.29, 0.717) is 0 Å². The van der Waals surface area contributed by atoms with Gasteiger partial charge in [0.15, 0.2) is 0 Å². The predicted octanol–water partition coefficient (Wildman–Crippen LogP) is 2.58. The van der Waals surface area contributed by atoms with Gasteiger partial charge >= 0.3 is 0 Å². The molecular formula is C15H11ClN4O4. The number of benzene rings is 1. The van der Waals surface area contributed by atoms with Gasteiger partial charge in [0.05, 0.1) is 21.2 Å². The van der Waals surface area contributed by atoms with Crippen molar-refractivity contribution in [2.45, 2.75) is 6.92 Å². The lowest BCUT2D eigenvalue weighted by molar-refractivity contribution is -0.384. The molecule has 8 nitrogen and oxygen atoms in total. The Morgan fingerprint density at radius 2 is 2.17 bits per heavy atom. The number of hydrogen-bond donors (Lipinski definition) is 1. The lowest BCUT2D eigenvalue weighted by Gasteiger charge is -2.09. The van der Waals surface area contributed by atoms with E-state index in [4.69, 9.17) is 16.9 Å². The zero-order chi connectivity index (χ0) is 18.0. The number of aromatic hydroxyl groups is 1. The highest BCUT2D eigenvalue weighted by Gasteiger charge is 2.16. The molecule has 0 amide bonds. The number of halogens is 1. The molecule has 1 heterocycles. The van der Waals surface area contributed by atoms with E-state index in [-0.39, 0.29) is 39.0 Å². The van der Waals surface area contributed by atoms with E-state index in [0.717, 1.165) is 10.6 Å². The van der Waals surface area contributed by atoms with Gasteiger partial charge in [-0.3, -0.25) is 24.5 Å². The topological polar surface area (TPSA) is 122 Å². The number of nitrogens with zero attached hydrogens (tertiary/aromatic N) is 4. The van der Waals surface area contributed by atoms with E-state index in [1.54, 1.807) is 6.07 Å². The molecule has 0 bridgehead atoms. The Labute approximate surface area is 141 Å². The molecule has 0 aliphatic heterocycles. The minimum Gasteiger partial charge on any atom is -0.494 e. The van der Waals surface area contributed by atoms with E-state index in [1.807, 2.05) is 0 Å². The van der Waals surface area contributed by atoms with Gasteiger partial charge in [-0.1, -0.05) is 11.6 Å². The Kier molecular flexibility index (Phi) is 4.66. The van der Waals surface area contributed by atoms with Crippen molar-refractivity contribution in [3.8, 4) is 11.9 Å². The van der Waals surface area contributed by atoms with Gasteiger partial charge in [-0.05, 0) is 18.6 Å². The van der Waals surface area contributed by atoms with Crippen molar-refractivity contribution < 1.29 is 10.0 Å². The molecule has 0 aliphatic carbocycles. The van der Waals surface area contributed by atoms with Crippen LogP contribution in [-0.4, -0.2) is 20.8 Å². The third-order valence-electron chi connectivity index (χ3n) is 3.44. The van der Waals surface area contributed by atoms with E-state index in [2.05, 4.69) is 4.99 Å². The molecular weight excluding hydrogens is 336 g/mol. The summed E-state index contributed by atoms with van der Waals surface area (Å²) in [6, 6.07) is 5.55. The van der Waals surface area contributed by atoms with Crippen molar-refractivity contribution in [2.24, 2.45) is 12.0 Å². The Morgan fingerprint density at radius 1 is 1.50 bits per heavy atom. The maximum atomic E-state index is 11.9. The summed E-state index contributed by atoms with van der Waals surface area (Å²) in [5.41, 5.74) is -0.187. The number of nitro groups is 1. The standard InChI is InChI=1S/C15H11ClN4O4/c1-8-10(6-17)14(21)19(2)15(22)11(8)7-18-13-4-3-9(20(23)24)5-12(13)16/h3-5,7,22H,1-2H3. The number of nitriles is 1. The lowest BCUT2D eigenvalue weighted by atomic mass is 10.1. The first-order valence-corrected chi connectivity index (χ1v) is 6.96. The monoisotopic (exact) mass is 346 g/mol. The SMILES string of the molecule is Cc1c(C=Nc2ccc([N+](=O)[O-])cc2Cl)c(O)n(C)c(=O)c1C#N. The molecule has 1 aromatic carbocycles. The van der Waals surface area contributed by atoms with Gasteiger partial charge in [0.1, 0.15) is 11.6 Å². The van der Waals surface area contributed by atoms with Gasteiger partial charge in [0.25, 0.3) is 11.2 Å². The second kappa shape index (κ2) is 6.52. The van der Waals surface area contributed by atoms with Crippen molar-refractivity contribution >= 4 is 29.2 Å². The summed E-state index contributed by atoms with van der Waals surface area (Å²) in [6.45, 7) is 1.51. The first-order chi connectivity index (χ1) is 11.3. The molecule has 2 aromatic rings. The molecule has 0 aliphatic rings. The van der Waals surface area contributed by atoms with Gasteiger partial charge in [-0.25, -0.2) is 0 Å². The fourth-order valence-electron chi connectivity index (χ4n) is 2.04. The highest BCUT2D eigenvalue weighted by molar-refractivity contribution is 6.33. The van der Waals surface area contributed by atoms with Crippen LogP contribution >= 0.6 is 11.6 Å².